The van der Waals surface area contributed by atoms with Gasteiger partial charge >= 0.3 is 11.9 Å². The van der Waals surface area contributed by atoms with E-state index in [9.17, 15) is 9.59 Å². The van der Waals surface area contributed by atoms with Gasteiger partial charge in [0.25, 0.3) is 0 Å². The van der Waals surface area contributed by atoms with Crippen LogP contribution in [0.25, 0.3) is 0 Å². The largest absolute Gasteiger partial charge is 0.466 e. The Hall–Kier alpha value is -1.83. The van der Waals surface area contributed by atoms with E-state index in [4.69, 9.17) is 14.7 Å². The van der Waals surface area contributed by atoms with E-state index in [2.05, 4.69) is 0 Å². The molecule has 0 bridgehead atoms. The van der Waals surface area contributed by atoms with Crippen LogP contribution < -0.4 is 0 Å². The van der Waals surface area contributed by atoms with E-state index in [-0.39, 0.29) is 18.8 Å². The lowest BCUT2D eigenvalue weighted by atomic mass is 9.93. The minimum absolute atomic E-state index is 0.114. The number of esters is 2. The molecule has 5 heteroatoms. The zero-order valence-corrected chi connectivity index (χ0v) is 11.3. The Bertz CT molecular complexity index is 379. The molecular weight excluding hydrogens is 234 g/mol. The van der Waals surface area contributed by atoms with Crippen molar-refractivity contribution < 1.29 is 19.1 Å². The van der Waals surface area contributed by atoms with E-state index < -0.39 is 17.9 Å². The van der Waals surface area contributed by atoms with Crippen LogP contribution in [0.4, 0.5) is 0 Å². The molecule has 0 saturated carbocycles. The van der Waals surface area contributed by atoms with Crippen molar-refractivity contribution in [2.45, 2.75) is 34.1 Å². The maximum absolute atomic E-state index is 11.7. The number of rotatable bonds is 6. The summed E-state index contributed by atoms with van der Waals surface area (Å²) in [5.41, 5.74) is 0.286. The number of nitriles is 1. The zero-order valence-electron chi connectivity index (χ0n) is 11.3. The summed E-state index contributed by atoms with van der Waals surface area (Å²) >= 11 is 0. The molecule has 0 aliphatic heterocycles. The highest BCUT2D eigenvalue weighted by molar-refractivity contribution is 5.95. The van der Waals surface area contributed by atoms with Gasteiger partial charge in [0.15, 0.2) is 0 Å². The van der Waals surface area contributed by atoms with Gasteiger partial charge in [-0.3, -0.25) is 4.79 Å². The minimum atomic E-state index is -0.694. The second kappa shape index (κ2) is 8.29. The topological polar surface area (TPSA) is 76.4 Å². The molecule has 1 atom stereocenters. The van der Waals surface area contributed by atoms with Crippen LogP contribution >= 0.6 is 0 Å². The van der Waals surface area contributed by atoms with E-state index in [0.29, 0.717) is 12.0 Å². The van der Waals surface area contributed by atoms with Crippen LogP contribution in [0, 0.1) is 17.2 Å². The summed E-state index contributed by atoms with van der Waals surface area (Å²) < 4.78 is 9.69. The van der Waals surface area contributed by atoms with Gasteiger partial charge in [-0.25, -0.2) is 4.79 Å². The average molecular weight is 253 g/mol. The van der Waals surface area contributed by atoms with Gasteiger partial charge in [-0.1, -0.05) is 6.92 Å². The summed E-state index contributed by atoms with van der Waals surface area (Å²) in [6, 6.07) is 1.80. The second-order valence-corrected chi connectivity index (χ2v) is 3.60. The second-order valence-electron chi connectivity index (χ2n) is 3.60. The Morgan fingerprint density at radius 1 is 1.17 bits per heavy atom. The molecular formula is C13H19NO4. The molecule has 0 aliphatic rings. The SMILES string of the molecule is CCOC(=O)/C(C#N)=C(/C)C(CC)C(=O)OCC. The first-order chi connectivity index (χ1) is 8.53. The lowest BCUT2D eigenvalue weighted by Gasteiger charge is -2.15. The third kappa shape index (κ3) is 4.21. The summed E-state index contributed by atoms with van der Waals surface area (Å²) in [5.74, 6) is -1.70. The molecule has 0 radical (unpaired) electrons. The molecule has 0 aromatic rings. The molecule has 0 fully saturated rings. The van der Waals surface area contributed by atoms with Crippen molar-refractivity contribution in [2.75, 3.05) is 13.2 Å². The van der Waals surface area contributed by atoms with Crippen molar-refractivity contribution in [3.8, 4) is 6.07 Å². The Morgan fingerprint density at radius 3 is 2.11 bits per heavy atom. The van der Waals surface area contributed by atoms with Gasteiger partial charge in [0.2, 0.25) is 0 Å². The van der Waals surface area contributed by atoms with Gasteiger partial charge in [0, 0.05) is 0 Å². The summed E-state index contributed by atoms with van der Waals surface area (Å²) in [4.78, 5) is 23.3. The van der Waals surface area contributed by atoms with Gasteiger partial charge in [-0.05, 0) is 32.8 Å². The van der Waals surface area contributed by atoms with Crippen LogP contribution in [0.5, 0.6) is 0 Å². The van der Waals surface area contributed by atoms with Crippen molar-refractivity contribution in [3.05, 3.63) is 11.1 Å². The monoisotopic (exact) mass is 253 g/mol. The van der Waals surface area contributed by atoms with Gasteiger partial charge < -0.3 is 9.47 Å². The fourth-order valence-corrected chi connectivity index (χ4v) is 1.56. The molecule has 0 aromatic carbocycles. The molecule has 0 aliphatic carbocycles. The van der Waals surface area contributed by atoms with Gasteiger partial charge in [0.05, 0.1) is 19.1 Å². The molecule has 5 nitrogen and oxygen atoms in total. The van der Waals surface area contributed by atoms with Crippen LogP contribution in [0.15, 0.2) is 11.1 Å². The van der Waals surface area contributed by atoms with Crippen LogP contribution in [0.2, 0.25) is 0 Å². The highest BCUT2D eigenvalue weighted by Crippen LogP contribution is 2.21. The maximum Gasteiger partial charge on any atom is 0.348 e. The van der Waals surface area contributed by atoms with Crippen LogP contribution in [0.3, 0.4) is 0 Å². The third-order valence-electron chi connectivity index (χ3n) is 2.49. The Balaban J connectivity index is 5.24. The quantitative estimate of drug-likeness (QED) is 0.411. The van der Waals surface area contributed by atoms with E-state index >= 15 is 0 Å². The van der Waals surface area contributed by atoms with Gasteiger partial charge in [-0.15, -0.1) is 0 Å². The number of carbonyl (C=O) groups excluding carboxylic acids is 2. The maximum atomic E-state index is 11.7. The smallest absolute Gasteiger partial charge is 0.348 e. The molecule has 18 heavy (non-hydrogen) atoms. The molecule has 0 rings (SSSR count). The first-order valence-electron chi connectivity index (χ1n) is 5.97. The van der Waals surface area contributed by atoms with Gasteiger partial charge in [-0.2, -0.15) is 5.26 Å². The van der Waals surface area contributed by atoms with Crippen molar-refractivity contribution in [1.82, 2.24) is 0 Å². The normalized spacial score (nSPS) is 13.1. The van der Waals surface area contributed by atoms with Crippen molar-refractivity contribution in [1.29, 1.82) is 5.26 Å². The number of carbonyl (C=O) groups is 2. The minimum Gasteiger partial charge on any atom is -0.466 e. The standard InChI is InChI=1S/C13H19NO4/c1-5-10(12(15)17-6-2)9(4)11(8-14)13(16)18-7-3/h10H,5-7H2,1-4H3/b11-9-. The fourth-order valence-electron chi connectivity index (χ4n) is 1.56. The lowest BCUT2D eigenvalue weighted by Crippen LogP contribution is -2.21. The van der Waals surface area contributed by atoms with E-state index in [1.54, 1.807) is 33.8 Å². The summed E-state index contributed by atoms with van der Waals surface area (Å²) in [5, 5.41) is 8.99. The summed E-state index contributed by atoms with van der Waals surface area (Å²) in [6.07, 6.45) is 0.468. The van der Waals surface area contributed by atoms with E-state index in [1.165, 1.54) is 0 Å². The first kappa shape index (κ1) is 16.2. The van der Waals surface area contributed by atoms with Crippen LogP contribution in [-0.4, -0.2) is 25.2 Å². The molecule has 0 N–H and O–H groups in total. The number of hydrogen-bond donors (Lipinski definition) is 0. The van der Waals surface area contributed by atoms with Crippen LogP contribution in [-0.2, 0) is 19.1 Å². The molecule has 0 spiro atoms. The predicted octanol–water partition coefficient (Wildman–Crippen LogP) is 1.98. The number of nitrogens with zero attached hydrogens (tertiary/aromatic N) is 1. The molecule has 100 valence electrons. The highest BCUT2D eigenvalue weighted by atomic mass is 16.5. The Labute approximate surface area is 107 Å². The molecule has 0 saturated heterocycles. The highest BCUT2D eigenvalue weighted by Gasteiger charge is 2.25. The Morgan fingerprint density at radius 2 is 1.72 bits per heavy atom. The molecule has 0 heterocycles. The zero-order chi connectivity index (χ0) is 14.1. The molecule has 1 unspecified atom stereocenters. The van der Waals surface area contributed by atoms with Crippen molar-refractivity contribution in [2.24, 2.45) is 5.92 Å². The van der Waals surface area contributed by atoms with Crippen molar-refractivity contribution in [3.63, 3.8) is 0 Å². The van der Waals surface area contributed by atoms with E-state index in [1.807, 2.05) is 0 Å². The summed E-state index contributed by atoms with van der Waals surface area (Å²) in [7, 11) is 0. The fraction of sp³-hybridized carbons (Fsp3) is 0.615. The van der Waals surface area contributed by atoms with Gasteiger partial charge in [0.1, 0.15) is 11.6 Å². The molecule has 0 aromatic heterocycles. The molecule has 0 amide bonds. The number of ether oxygens (including phenoxy) is 2. The van der Waals surface area contributed by atoms with E-state index in [0.717, 1.165) is 0 Å². The van der Waals surface area contributed by atoms with Crippen molar-refractivity contribution >= 4 is 11.9 Å². The predicted molar refractivity (Wildman–Crippen MR) is 65.4 cm³/mol. The average Bonchev–Trinajstić information content (AvgIpc) is 2.31. The third-order valence-corrected chi connectivity index (χ3v) is 2.49. The first-order valence-corrected chi connectivity index (χ1v) is 5.97. The van der Waals surface area contributed by atoms with Crippen LogP contribution in [0.1, 0.15) is 34.1 Å². The number of hydrogen-bond acceptors (Lipinski definition) is 5. The lowest BCUT2D eigenvalue weighted by molar-refractivity contribution is -0.146. The summed E-state index contributed by atoms with van der Waals surface area (Å²) in [6.45, 7) is 7.20. The Kier molecular flexibility index (Phi) is 7.45.